The van der Waals surface area contributed by atoms with Gasteiger partial charge in [0, 0.05) is 23.2 Å². The van der Waals surface area contributed by atoms with Crippen LogP contribution in [0.3, 0.4) is 0 Å². The summed E-state index contributed by atoms with van der Waals surface area (Å²) < 4.78 is 17.3. The smallest absolute Gasteiger partial charge is 0.254 e. The van der Waals surface area contributed by atoms with Gasteiger partial charge in [0.2, 0.25) is 0 Å². The second-order valence-corrected chi connectivity index (χ2v) is 9.66. The molecule has 0 saturated heterocycles. The number of amides is 1. The van der Waals surface area contributed by atoms with Crippen LogP contribution in [0.2, 0.25) is 0 Å². The summed E-state index contributed by atoms with van der Waals surface area (Å²) in [5.41, 5.74) is 6.80. The number of carbonyl (C=O) groups is 1. The van der Waals surface area contributed by atoms with Crippen molar-refractivity contribution in [3.8, 4) is 17.2 Å². The lowest BCUT2D eigenvalue weighted by Crippen LogP contribution is -2.45. The molecule has 0 radical (unpaired) electrons. The van der Waals surface area contributed by atoms with Crippen LogP contribution >= 0.6 is 0 Å². The number of methoxy groups -OCH3 is 1. The van der Waals surface area contributed by atoms with E-state index in [1.54, 1.807) is 25.3 Å². The highest BCUT2D eigenvalue weighted by molar-refractivity contribution is 5.95. The maximum atomic E-state index is 13.4. The Balaban J connectivity index is 1.45. The molecular weight excluding hydrogens is 454 g/mol. The molecular formula is C29H41N3O4. The number of hydrogen-bond acceptors (Lipinski definition) is 5. The molecule has 0 bridgehead atoms. The van der Waals surface area contributed by atoms with Gasteiger partial charge in [-0.15, -0.1) is 0 Å². The maximum Gasteiger partial charge on any atom is 0.254 e. The van der Waals surface area contributed by atoms with Gasteiger partial charge in [-0.2, -0.15) is 0 Å². The van der Waals surface area contributed by atoms with E-state index >= 15 is 0 Å². The van der Waals surface area contributed by atoms with E-state index in [1.165, 1.54) is 19.3 Å². The van der Waals surface area contributed by atoms with Crippen LogP contribution in [-0.4, -0.2) is 49.0 Å². The number of nitrogen functional groups attached to an aromatic ring is 1. The lowest BCUT2D eigenvalue weighted by atomic mass is 9.92. The van der Waals surface area contributed by atoms with Crippen molar-refractivity contribution in [3.63, 3.8) is 0 Å². The highest BCUT2D eigenvalue weighted by Crippen LogP contribution is 2.31. The second-order valence-electron chi connectivity index (χ2n) is 9.66. The van der Waals surface area contributed by atoms with Gasteiger partial charge < -0.3 is 24.8 Å². The number of amidine groups is 1. The standard InChI is InChI=1S/C29H41N3O4/c1-21(2)32(24-10-6-4-7-11-24)29(33)23-14-17-26(27(20-23)34-3)36-19-9-5-8-18-35-25-15-12-22(13-16-25)28(30)31/h12-17,20-21,24H,4-11,18-19H2,1-3H3,(H3,30,31). The second kappa shape index (κ2) is 13.8. The summed E-state index contributed by atoms with van der Waals surface area (Å²) in [7, 11) is 1.61. The molecule has 0 unspecified atom stereocenters. The zero-order valence-electron chi connectivity index (χ0n) is 21.9. The van der Waals surface area contributed by atoms with Gasteiger partial charge in [-0.1, -0.05) is 19.3 Å². The number of unbranched alkanes of at least 4 members (excludes halogenated alkanes) is 2. The van der Waals surface area contributed by atoms with E-state index in [0.717, 1.165) is 37.9 Å². The third-order valence-electron chi connectivity index (χ3n) is 6.65. The summed E-state index contributed by atoms with van der Waals surface area (Å²) in [4.78, 5) is 15.4. The Morgan fingerprint density at radius 2 is 1.58 bits per heavy atom. The van der Waals surface area contributed by atoms with Crippen LogP contribution in [0.5, 0.6) is 17.2 Å². The largest absolute Gasteiger partial charge is 0.494 e. The van der Waals surface area contributed by atoms with Crippen molar-refractivity contribution in [1.29, 1.82) is 5.41 Å². The number of ether oxygens (including phenoxy) is 3. The maximum absolute atomic E-state index is 13.4. The van der Waals surface area contributed by atoms with Crippen molar-refractivity contribution in [1.82, 2.24) is 4.90 Å². The molecule has 0 heterocycles. The molecule has 3 rings (SSSR count). The van der Waals surface area contributed by atoms with Crippen molar-refractivity contribution >= 4 is 11.7 Å². The molecule has 0 spiro atoms. The third-order valence-corrected chi connectivity index (χ3v) is 6.65. The van der Waals surface area contributed by atoms with Gasteiger partial charge in [0.05, 0.1) is 20.3 Å². The minimum Gasteiger partial charge on any atom is -0.494 e. The Bertz CT molecular complexity index is 985. The van der Waals surface area contributed by atoms with Crippen molar-refractivity contribution < 1.29 is 19.0 Å². The lowest BCUT2D eigenvalue weighted by molar-refractivity contribution is 0.0555. The molecule has 2 aromatic carbocycles. The molecule has 1 fully saturated rings. The van der Waals surface area contributed by atoms with Crippen molar-refractivity contribution in [3.05, 3.63) is 53.6 Å². The normalized spacial score (nSPS) is 13.9. The van der Waals surface area contributed by atoms with E-state index in [2.05, 4.69) is 13.8 Å². The fourth-order valence-corrected chi connectivity index (χ4v) is 4.73. The topological polar surface area (TPSA) is 97.9 Å². The Labute approximate surface area is 215 Å². The van der Waals surface area contributed by atoms with E-state index in [1.807, 2.05) is 29.2 Å². The fraction of sp³-hybridized carbons (Fsp3) is 0.517. The van der Waals surface area contributed by atoms with Crippen LogP contribution in [0.15, 0.2) is 42.5 Å². The van der Waals surface area contributed by atoms with Crippen LogP contribution < -0.4 is 19.9 Å². The van der Waals surface area contributed by atoms with Gasteiger partial charge in [0.15, 0.2) is 11.5 Å². The number of carbonyl (C=O) groups excluding carboxylic acids is 1. The molecule has 0 aromatic heterocycles. The molecule has 0 aliphatic heterocycles. The zero-order chi connectivity index (χ0) is 25.9. The zero-order valence-corrected chi connectivity index (χ0v) is 21.9. The van der Waals surface area contributed by atoms with E-state index in [-0.39, 0.29) is 17.8 Å². The van der Waals surface area contributed by atoms with Crippen LogP contribution in [0.4, 0.5) is 0 Å². The number of hydrogen-bond donors (Lipinski definition) is 2. The first-order chi connectivity index (χ1) is 17.4. The first-order valence-corrected chi connectivity index (χ1v) is 13.1. The molecule has 7 heteroatoms. The predicted molar refractivity (Wildman–Crippen MR) is 143 cm³/mol. The Morgan fingerprint density at radius 3 is 2.19 bits per heavy atom. The molecule has 36 heavy (non-hydrogen) atoms. The van der Waals surface area contributed by atoms with Crippen molar-refractivity contribution in [2.45, 2.75) is 77.3 Å². The molecule has 3 N–H and O–H groups in total. The first kappa shape index (κ1) is 27.4. The summed E-state index contributed by atoms with van der Waals surface area (Å²) in [6, 6.07) is 13.2. The Hall–Kier alpha value is -3.22. The number of benzene rings is 2. The molecule has 1 aliphatic rings. The number of nitrogens with one attached hydrogen (secondary N) is 1. The third kappa shape index (κ3) is 7.64. The van der Waals surface area contributed by atoms with Gasteiger partial charge >= 0.3 is 0 Å². The summed E-state index contributed by atoms with van der Waals surface area (Å²) >= 11 is 0. The van der Waals surface area contributed by atoms with Crippen LogP contribution in [0.1, 0.15) is 81.1 Å². The van der Waals surface area contributed by atoms with Gasteiger partial charge in [-0.05, 0) is 88.4 Å². The highest BCUT2D eigenvalue weighted by atomic mass is 16.5. The van der Waals surface area contributed by atoms with E-state index in [4.69, 9.17) is 25.4 Å². The molecule has 196 valence electrons. The van der Waals surface area contributed by atoms with Crippen LogP contribution in [0, 0.1) is 5.41 Å². The molecule has 2 aromatic rings. The van der Waals surface area contributed by atoms with Gasteiger partial charge in [-0.25, -0.2) is 0 Å². The number of rotatable bonds is 13. The van der Waals surface area contributed by atoms with Crippen molar-refractivity contribution in [2.75, 3.05) is 20.3 Å². The molecule has 1 amide bonds. The van der Waals surface area contributed by atoms with Gasteiger partial charge in [-0.3, -0.25) is 10.2 Å². The molecule has 7 nitrogen and oxygen atoms in total. The molecule has 0 atom stereocenters. The van der Waals surface area contributed by atoms with Gasteiger partial charge in [0.1, 0.15) is 11.6 Å². The summed E-state index contributed by atoms with van der Waals surface area (Å²) in [6.07, 6.45) is 8.58. The van der Waals surface area contributed by atoms with Gasteiger partial charge in [0.25, 0.3) is 5.91 Å². The Morgan fingerprint density at radius 1 is 0.944 bits per heavy atom. The summed E-state index contributed by atoms with van der Waals surface area (Å²) in [6.45, 7) is 5.37. The average molecular weight is 496 g/mol. The van der Waals surface area contributed by atoms with E-state index in [9.17, 15) is 4.79 Å². The quantitative estimate of drug-likeness (QED) is 0.208. The van der Waals surface area contributed by atoms with E-state index in [0.29, 0.717) is 41.9 Å². The summed E-state index contributed by atoms with van der Waals surface area (Å²) in [5, 5.41) is 7.43. The fourth-order valence-electron chi connectivity index (χ4n) is 4.73. The SMILES string of the molecule is COc1cc(C(=O)N(C(C)C)C2CCCCC2)ccc1OCCCCCOc1ccc(C(=N)N)cc1. The molecule has 1 saturated carbocycles. The van der Waals surface area contributed by atoms with Crippen LogP contribution in [0.25, 0.3) is 0 Å². The highest BCUT2D eigenvalue weighted by Gasteiger charge is 2.28. The monoisotopic (exact) mass is 495 g/mol. The molecule has 1 aliphatic carbocycles. The number of nitrogens with zero attached hydrogens (tertiary/aromatic N) is 1. The minimum absolute atomic E-state index is 0.0522. The lowest BCUT2D eigenvalue weighted by Gasteiger charge is -2.37. The predicted octanol–water partition coefficient (Wildman–Crippen LogP) is 5.79. The van der Waals surface area contributed by atoms with E-state index < -0.39 is 0 Å². The average Bonchev–Trinajstić information content (AvgIpc) is 2.88. The first-order valence-electron chi connectivity index (χ1n) is 13.1. The summed E-state index contributed by atoms with van der Waals surface area (Å²) in [5.74, 6) is 2.14. The Kier molecular flexibility index (Phi) is 10.5. The van der Waals surface area contributed by atoms with Crippen molar-refractivity contribution in [2.24, 2.45) is 5.73 Å². The number of nitrogens with two attached hydrogens (primary N) is 1. The minimum atomic E-state index is 0.0522. The van der Waals surface area contributed by atoms with Crippen LogP contribution in [-0.2, 0) is 0 Å².